The van der Waals surface area contributed by atoms with Gasteiger partial charge in [0, 0.05) is 24.0 Å². The van der Waals surface area contributed by atoms with Crippen LogP contribution >= 0.6 is 11.3 Å². The fraction of sp³-hybridized carbons (Fsp3) is 0.500. The van der Waals surface area contributed by atoms with E-state index in [-0.39, 0.29) is 18.4 Å². The molecule has 2 rings (SSSR count). The Balaban J connectivity index is 2.03. The van der Waals surface area contributed by atoms with E-state index in [4.69, 9.17) is 0 Å². The van der Waals surface area contributed by atoms with Gasteiger partial charge in [-0.15, -0.1) is 11.3 Å². The molecule has 1 aromatic carbocycles. The van der Waals surface area contributed by atoms with Crippen LogP contribution in [0.25, 0.3) is 0 Å². The number of nitrogens with zero attached hydrogens (tertiary/aromatic N) is 3. The van der Waals surface area contributed by atoms with Crippen molar-refractivity contribution in [2.75, 3.05) is 39.0 Å². The molecule has 29 heavy (non-hydrogen) atoms. The van der Waals surface area contributed by atoms with Crippen LogP contribution in [0.5, 0.6) is 0 Å². The highest BCUT2D eigenvalue weighted by molar-refractivity contribution is 7.13. The summed E-state index contributed by atoms with van der Waals surface area (Å²) in [5, 5.41) is 5.23. The van der Waals surface area contributed by atoms with Crippen LogP contribution in [0.1, 0.15) is 47.8 Å². The van der Waals surface area contributed by atoms with Crippen LogP contribution in [0, 0.1) is 6.92 Å². The minimum absolute atomic E-state index is 0.00352. The molecule has 6 nitrogen and oxygen atoms in total. The number of carbonyl (C=O) groups excluding carboxylic acids is 2. The molecular formula is C22H32N4O2S. The van der Waals surface area contributed by atoms with Gasteiger partial charge in [0.1, 0.15) is 6.54 Å². The number of rotatable bonds is 11. The molecule has 158 valence electrons. The van der Waals surface area contributed by atoms with Gasteiger partial charge in [-0.25, -0.2) is 4.98 Å². The third-order valence-electron chi connectivity index (χ3n) is 4.57. The van der Waals surface area contributed by atoms with Gasteiger partial charge in [-0.1, -0.05) is 31.9 Å². The first-order valence-corrected chi connectivity index (χ1v) is 11.0. The zero-order chi connectivity index (χ0) is 21.2. The zero-order valence-electron chi connectivity index (χ0n) is 17.9. The quantitative estimate of drug-likeness (QED) is 0.566. The van der Waals surface area contributed by atoms with E-state index < -0.39 is 0 Å². The second kappa shape index (κ2) is 11.7. The summed E-state index contributed by atoms with van der Waals surface area (Å²) in [5.74, 6) is -0.361. The lowest BCUT2D eigenvalue weighted by Gasteiger charge is -2.24. The number of carbonyl (C=O) groups is 2. The third-order valence-corrected chi connectivity index (χ3v) is 5.45. The van der Waals surface area contributed by atoms with Gasteiger partial charge < -0.3 is 15.1 Å². The van der Waals surface area contributed by atoms with Crippen molar-refractivity contribution in [2.24, 2.45) is 0 Å². The van der Waals surface area contributed by atoms with E-state index in [0.717, 1.165) is 18.5 Å². The Kier molecular flexibility index (Phi) is 9.28. The maximum Gasteiger partial charge on any atom is 0.254 e. The van der Waals surface area contributed by atoms with Gasteiger partial charge >= 0.3 is 0 Å². The molecule has 0 aliphatic rings. The average Bonchev–Trinajstić information content (AvgIpc) is 3.09. The predicted octanol–water partition coefficient (Wildman–Crippen LogP) is 3.83. The Labute approximate surface area is 177 Å². The van der Waals surface area contributed by atoms with Crippen molar-refractivity contribution in [3.05, 3.63) is 46.5 Å². The Morgan fingerprint density at radius 3 is 2.41 bits per heavy atom. The summed E-state index contributed by atoms with van der Waals surface area (Å²) in [4.78, 5) is 33.3. The van der Waals surface area contributed by atoms with Crippen molar-refractivity contribution in [3.8, 4) is 0 Å². The van der Waals surface area contributed by atoms with E-state index in [9.17, 15) is 9.59 Å². The molecule has 0 aliphatic carbocycles. The first kappa shape index (κ1) is 23.0. The second-order valence-electron chi connectivity index (χ2n) is 7.53. The van der Waals surface area contributed by atoms with E-state index in [1.807, 2.05) is 55.6 Å². The highest BCUT2D eigenvalue weighted by Gasteiger charge is 2.19. The standard InChI is InChI=1S/C22H32N4O2S/c1-5-6-7-8-18-9-11-19(12-10-18)21(28)26(14-13-25(3)4)15-20(27)24-22-23-17(2)16-29-22/h9-12,16H,5-8,13-15H2,1-4H3,(H,23,24,27). The molecule has 0 spiro atoms. The van der Waals surface area contributed by atoms with E-state index >= 15 is 0 Å². The first-order chi connectivity index (χ1) is 13.9. The van der Waals surface area contributed by atoms with Gasteiger partial charge in [0.25, 0.3) is 5.91 Å². The van der Waals surface area contributed by atoms with Crippen LogP contribution in [-0.4, -0.2) is 60.3 Å². The molecule has 0 saturated carbocycles. The van der Waals surface area contributed by atoms with Crippen LogP contribution in [0.2, 0.25) is 0 Å². The molecule has 0 atom stereocenters. The summed E-state index contributed by atoms with van der Waals surface area (Å²) < 4.78 is 0. The zero-order valence-corrected chi connectivity index (χ0v) is 18.7. The van der Waals surface area contributed by atoms with Gasteiger partial charge in [0.05, 0.1) is 5.69 Å². The molecule has 0 bridgehead atoms. The lowest BCUT2D eigenvalue weighted by atomic mass is 10.0. The number of aromatic nitrogens is 1. The molecular weight excluding hydrogens is 384 g/mol. The number of benzene rings is 1. The van der Waals surface area contributed by atoms with Gasteiger partial charge in [-0.3, -0.25) is 9.59 Å². The first-order valence-electron chi connectivity index (χ1n) is 10.1. The minimum atomic E-state index is -0.234. The number of unbranched alkanes of at least 4 members (excludes halogenated alkanes) is 2. The van der Waals surface area contributed by atoms with Crippen molar-refractivity contribution < 1.29 is 9.59 Å². The van der Waals surface area contributed by atoms with E-state index in [1.54, 1.807) is 4.90 Å². The fourth-order valence-corrected chi connectivity index (χ4v) is 3.60. The van der Waals surface area contributed by atoms with Gasteiger partial charge in [-0.05, 0) is 51.6 Å². The van der Waals surface area contributed by atoms with Crippen LogP contribution in [0.3, 0.4) is 0 Å². The number of aryl methyl sites for hydroxylation is 2. The van der Waals surface area contributed by atoms with Crippen LogP contribution in [0.15, 0.2) is 29.6 Å². The molecule has 2 aromatic rings. The summed E-state index contributed by atoms with van der Waals surface area (Å²) in [7, 11) is 3.90. The van der Waals surface area contributed by atoms with E-state index in [1.165, 1.54) is 29.7 Å². The second-order valence-corrected chi connectivity index (χ2v) is 8.38. The largest absolute Gasteiger partial charge is 0.328 e. The Morgan fingerprint density at radius 2 is 1.83 bits per heavy atom. The topological polar surface area (TPSA) is 65.5 Å². The minimum Gasteiger partial charge on any atom is -0.328 e. The number of thiazole rings is 1. The predicted molar refractivity (Wildman–Crippen MR) is 120 cm³/mol. The molecule has 0 radical (unpaired) electrons. The lowest BCUT2D eigenvalue weighted by molar-refractivity contribution is -0.116. The van der Waals surface area contributed by atoms with Crippen molar-refractivity contribution >= 4 is 28.3 Å². The molecule has 0 unspecified atom stereocenters. The van der Waals surface area contributed by atoms with Gasteiger partial charge in [0.2, 0.25) is 5.91 Å². The molecule has 1 aromatic heterocycles. The molecule has 1 N–H and O–H groups in total. The maximum atomic E-state index is 13.0. The summed E-state index contributed by atoms with van der Waals surface area (Å²) in [6.45, 7) is 5.24. The Morgan fingerprint density at radius 1 is 1.10 bits per heavy atom. The van der Waals surface area contributed by atoms with Crippen LogP contribution in [-0.2, 0) is 11.2 Å². The van der Waals surface area contributed by atoms with Gasteiger partial charge in [-0.2, -0.15) is 0 Å². The third kappa shape index (κ3) is 7.95. The van der Waals surface area contributed by atoms with Crippen molar-refractivity contribution in [1.29, 1.82) is 0 Å². The summed E-state index contributed by atoms with van der Waals surface area (Å²) in [6.07, 6.45) is 4.60. The molecule has 0 aliphatic heterocycles. The van der Waals surface area contributed by atoms with Gasteiger partial charge in [0.15, 0.2) is 5.13 Å². The SMILES string of the molecule is CCCCCc1ccc(C(=O)N(CCN(C)C)CC(=O)Nc2nc(C)cs2)cc1. The smallest absolute Gasteiger partial charge is 0.254 e. The number of amides is 2. The number of likely N-dealkylation sites (N-methyl/N-ethyl adjacent to an activating group) is 1. The average molecular weight is 417 g/mol. The highest BCUT2D eigenvalue weighted by atomic mass is 32.1. The van der Waals surface area contributed by atoms with Crippen LogP contribution in [0.4, 0.5) is 5.13 Å². The summed E-state index contributed by atoms with van der Waals surface area (Å²) in [6, 6.07) is 7.78. The number of hydrogen-bond donors (Lipinski definition) is 1. The maximum absolute atomic E-state index is 13.0. The van der Waals surface area contributed by atoms with Crippen molar-refractivity contribution in [2.45, 2.75) is 39.5 Å². The van der Waals surface area contributed by atoms with Crippen LogP contribution < -0.4 is 5.32 Å². The normalized spacial score (nSPS) is 10.9. The van der Waals surface area contributed by atoms with E-state index in [0.29, 0.717) is 23.8 Å². The molecule has 7 heteroatoms. The molecule has 2 amide bonds. The Hall–Kier alpha value is -2.25. The molecule has 0 saturated heterocycles. The number of nitrogens with one attached hydrogen (secondary N) is 1. The summed E-state index contributed by atoms with van der Waals surface area (Å²) in [5.41, 5.74) is 2.72. The Bertz CT molecular complexity index is 786. The number of hydrogen-bond acceptors (Lipinski definition) is 5. The number of anilines is 1. The van der Waals surface area contributed by atoms with Crippen molar-refractivity contribution in [1.82, 2.24) is 14.8 Å². The van der Waals surface area contributed by atoms with Crippen molar-refractivity contribution in [3.63, 3.8) is 0 Å². The lowest BCUT2D eigenvalue weighted by Crippen LogP contribution is -2.41. The highest BCUT2D eigenvalue weighted by Crippen LogP contribution is 2.15. The molecule has 1 heterocycles. The molecule has 0 fully saturated rings. The fourth-order valence-electron chi connectivity index (χ4n) is 2.89. The summed E-state index contributed by atoms with van der Waals surface area (Å²) >= 11 is 1.38. The van der Waals surface area contributed by atoms with E-state index in [2.05, 4.69) is 17.2 Å². The monoisotopic (exact) mass is 416 g/mol.